The lowest BCUT2D eigenvalue weighted by Gasteiger charge is -2.20. The third-order valence-corrected chi connectivity index (χ3v) is 8.79. The van der Waals surface area contributed by atoms with Crippen molar-refractivity contribution in [3.8, 4) is 27.9 Å². The third-order valence-electron chi connectivity index (χ3n) is 8.79. The van der Waals surface area contributed by atoms with E-state index in [0.29, 0.717) is 28.0 Å². The molecule has 1 aliphatic heterocycles. The van der Waals surface area contributed by atoms with Crippen molar-refractivity contribution < 1.29 is 13.9 Å². The number of nitrogens with zero attached hydrogens (tertiary/aromatic N) is 5. The predicted molar refractivity (Wildman–Crippen MR) is 175 cm³/mol. The monoisotopic (exact) mass is 619 g/mol. The smallest absolute Gasteiger partial charge is 0.302 e. The number of aryl methyl sites for hydroxylation is 1. The van der Waals surface area contributed by atoms with E-state index in [0.717, 1.165) is 64.7 Å². The van der Waals surface area contributed by atoms with Gasteiger partial charge in [-0.1, -0.05) is 32.9 Å². The van der Waals surface area contributed by atoms with Gasteiger partial charge >= 0.3 is 5.97 Å². The Hall–Kier alpha value is -5.32. The number of aromatic nitrogens is 6. The number of H-pyrrole nitrogens is 1. The molecule has 0 saturated heterocycles. The van der Waals surface area contributed by atoms with Crippen LogP contribution < -0.4 is 11.3 Å². The van der Waals surface area contributed by atoms with Gasteiger partial charge in [-0.2, -0.15) is 20.0 Å². The van der Waals surface area contributed by atoms with Crippen LogP contribution in [0, 0.1) is 5.82 Å². The molecule has 46 heavy (non-hydrogen) atoms. The minimum atomic E-state index is -0.615. The summed E-state index contributed by atoms with van der Waals surface area (Å²) in [6, 6.07) is 12.6. The van der Waals surface area contributed by atoms with E-state index in [1.807, 2.05) is 49.8 Å². The maximum atomic E-state index is 15.5. The summed E-state index contributed by atoms with van der Waals surface area (Å²) < 4.78 is 24.3. The van der Waals surface area contributed by atoms with E-state index in [1.54, 1.807) is 18.2 Å². The fourth-order valence-electron chi connectivity index (χ4n) is 6.36. The quantitative estimate of drug-likeness (QED) is 0.219. The number of ether oxygens (including phenoxy) is 1. The molecule has 0 saturated carbocycles. The largest absolute Gasteiger partial charge is 0.461 e. The fourth-order valence-corrected chi connectivity index (χ4v) is 6.36. The molecule has 0 amide bonds. The standard InChI is InChI=1S/C35H34FN7O3/c1-19(44)46-18-27-23(8-7-10-30(27)43-34(45)31-21(16-39-43)12-22(15-28(31)36)35(2,3)4)20-13-24(32-25(14-20)33(37)41-40-32)26-17-38-42-11-6-5-9-29(26)42/h7-8,10,12-17H,5-6,9,11,18H2,1-4H3,(H3,37,40,41). The van der Waals surface area contributed by atoms with Crippen molar-refractivity contribution in [3.63, 3.8) is 0 Å². The Morgan fingerprint density at radius 3 is 2.67 bits per heavy atom. The average Bonchev–Trinajstić information content (AvgIpc) is 3.62. The van der Waals surface area contributed by atoms with Crippen molar-refractivity contribution in [2.75, 3.05) is 5.73 Å². The van der Waals surface area contributed by atoms with Crippen molar-refractivity contribution in [2.24, 2.45) is 0 Å². The number of benzene rings is 3. The van der Waals surface area contributed by atoms with Gasteiger partial charge in [0.05, 0.1) is 29.0 Å². The molecule has 0 atom stereocenters. The molecule has 3 N–H and O–H groups in total. The number of fused-ring (bicyclic) bond motifs is 3. The molecule has 3 aromatic heterocycles. The van der Waals surface area contributed by atoms with Gasteiger partial charge in [-0.25, -0.2) is 4.39 Å². The highest BCUT2D eigenvalue weighted by atomic mass is 19.1. The predicted octanol–water partition coefficient (Wildman–Crippen LogP) is 6.21. The van der Waals surface area contributed by atoms with Crippen LogP contribution in [-0.2, 0) is 34.5 Å². The van der Waals surface area contributed by atoms with E-state index in [2.05, 4.69) is 20.4 Å². The van der Waals surface area contributed by atoms with Gasteiger partial charge in [-0.15, -0.1) is 0 Å². The van der Waals surface area contributed by atoms with Gasteiger partial charge < -0.3 is 10.5 Å². The number of hydrogen-bond donors (Lipinski definition) is 2. The number of carbonyl (C=O) groups is 1. The van der Waals surface area contributed by atoms with Crippen LogP contribution in [0.3, 0.4) is 0 Å². The zero-order chi connectivity index (χ0) is 32.3. The van der Waals surface area contributed by atoms with E-state index >= 15 is 4.39 Å². The molecule has 7 rings (SSSR count). The lowest BCUT2D eigenvalue weighted by molar-refractivity contribution is -0.142. The molecule has 0 unspecified atom stereocenters. The Kier molecular flexibility index (Phi) is 6.99. The van der Waals surface area contributed by atoms with Crippen LogP contribution in [0.1, 0.15) is 57.4 Å². The van der Waals surface area contributed by atoms with E-state index in [-0.39, 0.29) is 17.4 Å². The Morgan fingerprint density at radius 1 is 1.07 bits per heavy atom. The molecule has 11 heteroatoms. The summed E-state index contributed by atoms with van der Waals surface area (Å²) in [6.07, 6.45) is 6.44. The normalized spacial score (nSPS) is 13.3. The molecule has 0 bridgehead atoms. The molecule has 234 valence electrons. The second kappa shape index (κ2) is 10.9. The Morgan fingerprint density at radius 2 is 1.89 bits per heavy atom. The van der Waals surface area contributed by atoms with Crippen LogP contribution in [0.5, 0.6) is 0 Å². The minimum absolute atomic E-state index is 0.0623. The number of carbonyl (C=O) groups excluding carboxylic acids is 1. The van der Waals surface area contributed by atoms with Crippen LogP contribution in [0.25, 0.3) is 49.6 Å². The average molecular weight is 620 g/mol. The summed E-state index contributed by atoms with van der Waals surface area (Å²) >= 11 is 0. The number of nitrogen functional groups attached to an aromatic ring is 1. The molecule has 3 aromatic carbocycles. The lowest BCUT2D eigenvalue weighted by atomic mass is 9.86. The summed E-state index contributed by atoms with van der Waals surface area (Å²) in [5, 5.41) is 17.6. The van der Waals surface area contributed by atoms with E-state index < -0.39 is 17.3 Å². The number of aromatic amines is 1. The SMILES string of the molecule is CC(=O)OCc1c(-c2cc(-c3cnn4c3CCCC4)c3[nH]nc(N)c3c2)cccc1-n1ncc2cc(C(C)(C)C)cc(F)c2c1=O. The molecule has 0 spiro atoms. The number of nitrogens with one attached hydrogen (secondary N) is 1. The van der Waals surface area contributed by atoms with Crippen molar-refractivity contribution in [3.05, 3.63) is 87.9 Å². The first kappa shape index (κ1) is 29.4. The van der Waals surface area contributed by atoms with Gasteiger partial charge in [0.2, 0.25) is 0 Å². The van der Waals surface area contributed by atoms with Gasteiger partial charge in [-0.05, 0) is 71.7 Å². The van der Waals surface area contributed by atoms with Crippen molar-refractivity contribution in [1.82, 2.24) is 29.8 Å². The highest BCUT2D eigenvalue weighted by Gasteiger charge is 2.24. The first-order valence-corrected chi connectivity index (χ1v) is 15.3. The van der Waals surface area contributed by atoms with Gasteiger partial charge in [0.15, 0.2) is 5.82 Å². The summed E-state index contributed by atoms with van der Waals surface area (Å²) in [4.78, 5) is 25.9. The van der Waals surface area contributed by atoms with Crippen molar-refractivity contribution in [1.29, 1.82) is 0 Å². The zero-order valence-electron chi connectivity index (χ0n) is 26.1. The van der Waals surface area contributed by atoms with Crippen LogP contribution in [0.2, 0.25) is 0 Å². The van der Waals surface area contributed by atoms with Gasteiger partial charge in [-0.3, -0.25) is 19.4 Å². The zero-order valence-corrected chi connectivity index (χ0v) is 26.1. The van der Waals surface area contributed by atoms with Gasteiger partial charge in [0.25, 0.3) is 5.56 Å². The molecule has 4 heterocycles. The fraction of sp³-hybridized carbons (Fsp3) is 0.286. The van der Waals surface area contributed by atoms with Gasteiger partial charge in [0, 0.05) is 46.6 Å². The van der Waals surface area contributed by atoms with Gasteiger partial charge in [0.1, 0.15) is 12.4 Å². The van der Waals surface area contributed by atoms with Crippen LogP contribution in [-0.4, -0.2) is 35.7 Å². The summed E-state index contributed by atoms with van der Waals surface area (Å²) in [5.74, 6) is -0.757. The van der Waals surface area contributed by atoms with Crippen LogP contribution in [0.4, 0.5) is 10.2 Å². The molecule has 0 fully saturated rings. The Balaban J connectivity index is 1.45. The van der Waals surface area contributed by atoms with Crippen LogP contribution in [0.15, 0.2) is 59.7 Å². The summed E-state index contributed by atoms with van der Waals surface area (Å²) in [7, 11) is 0. The molecule has 0 aliphatic carbocycles. The molecule has 10 nitrogen and oxygen atoms in total. The van der Waals surface area contributed by atoms with Crippen LogP contribution >= 0.6 is 0 Å². The van der Waals surface area contributed by atoms with E-state index in [1.165, 1.54) is 23.9 Å². The van der Waals surface area contributed by atoms with Crippen molar-refractivity contribution >= 4 is 33.5 Å². The number of anilines is 1. The number of esters is 1. The second-order valence-electron chi connectivity index (χ2n) is 12.9. The highest BCUT2D eigenvalue weighted by molar-refractivity contribution is 6.03. The van der Waals surface area contributed by atoms with E-state index in [4.69, 9.17) is 10.5 Å². The number of nitrogens with two attached hydrogens (primary N) is 1. The lowest BCUT2D eigenvalue weighted by Crippen LogP contribution is -2.24. The van der Waals surface area contributed by atoms with E-state index in [9.17, 15) is 9.59 Å². The Labute approximate surface area is 264 Å². The molecule has 1 aliphatic rings. The van der Waals surface area contributed by atoms with Crippen molar-refractivity contribution in [2.45, 2.75) is 65.5 Å². The topological polar surface area (TPSA) is 134 Å². The Bertz CT molecular complexity index is 2240. The maximum absolute atomic E-state index is 15.5. The number of halogens is 1. The number of hydrogen-bond acceptors (Lipinski definition) is 7. The highest BCUT2D eigenvalue weighted by Crippen LogP contribution is 2.39. The minimum Gasteiger partial charge on any atom is -0.461 e. The molecular weight excluding hydrogens is 585 g/mol. The molecule has 0 radical (unpaired) electrons. The first-order valence-electron chi connectivity index (χ1n) is 15.3. The summed E-state index contributed by atoms with van der Waals surface area (Å²) in [5.41, 5.74) is 12.4. The first-order chi connectivity index (χ1) is 22.0. The maximum Gasteiger partial charge on any atom is 0.302 e. The number of rotatable bonds is 5. The summed E-state index contributed by atoms with van der Waals surface area (Å²) in [6.45, 7) is 7.99. The second-order valence-corrected chi connectivity index (χ2v) is 12.9. The third kappa shape index (κ3) is 4.92. The molecule has 6 aromatic rings. The molecular formula is C35H34FN7O3.